The first kappa shape index (κ1) is 16.2. The van der Waals surface area contributed by atoms with E-state index in [0.29, 0.717) is 12.8 Å². The maximum absolute atomic E-state index is 12.7. The first-order valence-electron chi connectivity index (χ1n) is 8.64. The van der Waals surface area contributed by atoms with Crippen LogP contribution in [0.25, 0.3) is 0 Å². The molecule has 1 aliphatic carbocycles. The molecule has 0 bridgehead atoms. The van der Waals surface area contributed by atoms with E-state index in [1.54, 1.807) is 6.92 Å². The molecule has 3 rings (SSSR count). The molecule has 0 aromatic carbocycles. The van der Waals surface area contributed by atoms with E-state index in [0.717, 1.165) is 37.1 Å². The molecule has 7 heteroatoms. The fourth-order valence-corrected chi connectivity index (χ4v) is 3.97. The van der Waals surface area contributed by atoms with Crippen LogP contribution in [0.5, 0.6) is 0 Å². The smallest absolute Gasteiger partial charge is 0.325 e. The number of rotatable bonds is 3. The molecule has 3 fully saturated rings. The molecule has 0 radical (unpaired) electrons. The maximum atomic E-state index is 12.7. The third kappa shape index (κ3) is 2.82. The maximum Gasteiger partial charge on any atom is 0.325 e. The summed E-state index contributed by atoms with van der Waals surface area (Å²) in [6.45, 7) is 4.62. The molecule has 3 atom stereocenters. The van der Waals surface area contributed by atoms with Gasteiger partial charge in [-0.2, -0.15) is 0 Å². The molecule has 1 saturated carbocycles. The van der Waals surface area contributed by atoms with Crippen molar-refractivity contribution in [2.45, 2.75) is 76.0 Å². The zero-order valence-corrected chi connectivity index (χ0v) is 13.9. The Kier molecular flexibility index (Phi) is 4.31. The molecule has 3 aliphatic rings. The van der Waals surface area contributed by atoms with E-state index >= 15 is 0 Å². The molecule has 128 valence electrons. The Morgan fingerprint density at radius 3 is 2.65 bits per heavy atom. The van der Waals surface area contributed by atoms with E-state index in [9.17, 15) is 14.4 Å². The summed E-state index contributed by atoms with van der Waals surface area (Å²) in [6, 6.07) is -0.977. The van der Waals surface area contributed by atoms with Gasteiger partial charge in [-0.15, -0.1) is 0 Å². The highest BCUT2D eigenvalue weighted by Crippen LogP contribution is 2.35. The molecule has 1 spiro atoms. The monoisotopic (exact) mass is 322 g/mol. The summed E-state index contributed by atoms with van der Waals surface area (Å²) in [5.74, 6) is -0.499. The van der Waals surface area contributed by atoms with Crippen LogP contribution in [0.2, 0.25) is 0 Å². The summed E-state index contributed by atoms with van der Waals surface area (Å²) in [4.78, 5) is 38.6. The molecule has 7 nitrogen and oxygen atoms in total. The van der Waals surface area contributed by atoms with Gasteiger partial charge >= 0.3 is 6.03 Å². The predicted octanol–water partition coefficient (Wildman–Crippen LogP) is 0.496. The third-order valence-corrected chi connectivity index (χ3v) is 5.51. The number of amides is 4. The fraction of sp³-hybridized carbons (Fsp3) is 0.812. The topological polar surface area (TPSA) is 90.5 Å². The lowest BCUT2D eigenvalue weighted by Crippen LogP contribution is -2.57. The Balaban J connectivity index is 1.67. The average Bonchev–Trinajstić information content (AvgIpc) is 3.07. The van der Waals surface area contributed by atoms with Crippen molar-refractivity contribution in [3.8, 4) is 0 Å². The van der Waals surface area contributed by atoms with Crippen molar-refractivity contribution in [2.24, 2.45) is 0 Å². The van der Waals surface area contributed by atoms with Crippen LogP contribution in [-0.4, -0.2) is 53.0 Å². The van der Waals surface area contributed by atoms with Crippen LogP contribution in [0, 0.1) is 0 Å². The van der Waals surface area contributed by atoms with Crippen LogP contribution < -0.4 is 16.0 Å². The van der Waals surface area contributed by atoms with Crippen LogP contribution in [0.15, 0.2) is 0 Å². The van der Waals surface area contributed by atoms with Gasteiger partial charge in [-0.1, -0.05) is 12.8 Å². The van der Waals surface area contributed by atoms with Gasteiger partial charge in [0.25, 0.3) is 5.91 Å². The molecule has 2 saturated heterocycles. The molecule has 0 aromatic rings. The first-order valence-corrected chi connectivity index (χ1v) is 8.64. The molecular weight excluding hydrogens is 296 g/mol. The van der Waals surface area contributed by atoms with Crippen molar-refractivity contribution >= 4 is 17.8 Å². The van der Waals surface area contributed by atoms with E-state index in [-0.39, 0.29) is 23.9 Å². The molecule has 3 unspecified atom stereocenters. The lowest BCUT2D eigenvalue weighted by molar-refractivity contribution is -0.138. The standard InChI is InChI=1S/C16H26N4O3/c1-10-12(6-5-9-17-10)18-13(21)11(2)20-14(22)16(19-15(20)23)7-3-4-8-16/h10-12,17H,3-9H2,1-2H3,(H,18,21)(H,19,23). The highest BCUT2D eigenvalue weighted by Gasteiger charge is 2.54. The van der Waals surface area contributed by atoms with Crippen LogP contribution in [0.3, 0.4) is 0 Å². The van der Waals surface area contributed by atoms with E-state index in [2.05, 4.69) is 16.0 Å². The van der Waals surface area contributed by atoms with Gasteiger partial charge in [0.1, 0.15) is 11.6 Å². The van der Waals surface area contributed by atoms with Gasteiger partial charge in [-0.05, 0) is 46.1 Å². The number of carbonyl (C=O) groups excluding carboxylic acids is 3. The number of urea groups is 1. The Morgan fingerprint density at radius 2 is 2.00 bits per heavy atom. The molecule has 2 aliphatic heterocycles. The van der Waals surface area contributed by atoms with Crippen LogP contribution >= 0.6 is 0 Å². The largest absolute Gasteiger partial charge is 0.350 e. The summed E-state index contributed by atoms with van der Waals surface area (Å²) in [6.07, 6.45) is 5.14. The number of carbonyl (C=O) groups is 3. The second kappa shape index (κ2) is 6.11. The van der Waals surface area contributed by atoms with Crippen molar-refractivity contribution in [3.05, 3.63) is 0 Å². The molecule has 4 amide bonds. The van der Waals surface area contributed by atoms with E-state index in [4.69, 9.17) is 0 Å². The van der Waals surface area contributed by atoms with Crippen molar-refractivity contribution < 1.29 is 14.4 Å². The lowest BCUT2D eigenvalue weighted by Gasteiger charge is -2.32. The minimum absolute atomic E-state index is 0.0416. The zero-order valence-electron chi connectivity index (χ0n) is 13.9. The van der Waals surface area contributed by atoms with Crippen molar-refractivity contribution in [1.82, 2.24) is 20.9 Å². The van der Waals surface area contributed by atoms with Crippen molar-refractivity contribution in [3.63, 3.8) is 0 Å². The Bertz CT molecular complexity index is 515. The second-order valence-corrected chi connectivity index (χ2v) is 7.07. The minimum Gasteiger partial charge on any atom is -0.350 e. The summed E-state index contributed by atoms with van der Waals surface area (Å²) < 4.78 is 0. The molecule has 23 heavy (non-hydrogen) atoms. The SMILES string of the molecule is CC1NCCCC1NC(=O)C(C)N1C(=O)NC2(CCCC2)C1=O. The van der Waals surface area contributed by atoms with Gasteiger partial charge in [0.2, 0.25) is 5.91 Å². The average molecular weight is 322 g/mol. The molecule has 2 heterocycles. The Hall–Kier alpha value is -1.63. The normalized spacial score (nSPS) is 31.3. The first-order chi connectivity index (χ1) is 10.9. The van der Waals surface area contributed by atoms with Gasteiger partial charge in [0, 0.05) is 12.1 Å². The molecular formula is C16H26N4O3. The minimum atomic E-state index is -0.781. The number of hydrogen-bond acceptors (Lipinski definition) is 4. The summed E-state index contributed by atoms with van der Waals surface area (Å²) in [7, 11) is 0. The van der Waals surface area contributed by atoms with Gasteiger partial charge in [-0.3, -0.25) is 9.59 Å². The van der Waals surface area contributed by atoms with Gasteiger partial charge < -0.3 is 16.0 Å². The molecule has 0 aromatic heterocycles. The van der Waals surface area contributed by atoms with Crippen LogP contribution in [-0.2, 0) is 9.59 Å². The van der Waals surface area contributed by atoms with Crippen LogP contribution in [0.4, 0.5) is 4.79 Å². The Labute approximate surface area is 136 Å². The van der Waals surface area contributed by atoms with Gasteiger partial charge in [0.05, 0.1) is 0 Å². The van der Waals surface area contributed by atoms with E-state index < -0.39 is 17.6 Å². The highest BCUT2D eigenvalue weighted by molar-refractivity contribution is 6.10. The van der Waals surface area contributed by atoms with Gasteiger partial charge in [-0.25, -0.2) is 9.69 Å². The Morgan fingerprint density at radius 1 is 1.30 bits per heavy atom. The molecule has 3 N–H and O–H groups in total. The zero-order chi connectivity index (χ0) is 16.6. The number of hydrogen-bond donors (Lipinski definition) is 3. The third-order valence-electron chi connectivity index (χ3n) is 5.51. The number of nitrogens with one attached hydrogen (secondary N) is 3. The number of imide groups is 1. The van der Waals surface area contributed by atoms with Crippen molar-refractivity contribution in [1.29, 1.82) is 0 Å². The fourth-order valence-electron chi connectivity index (χ4n) is 3.97. The van der Waals surface area contributed by atoms with Crippen LogP contribution in [0.1, 0.15) is 52.4 Å². The number of piperidine rings is 1. The summed E-state index contributed by atoms with van der Waals surface area (Å²) in [5.41, 5.74) is -0.759. The predicted molar refractivity (Wildman–Crippen MR) is 84.7 cm³/mol. The quantitative estimate of drug-likeness (QED) is 0.660. The van der Waals surface area contributed by atoms with Crippen molar-refractivity contribution in [2.75, 3.05) is 6.54 Å². The van der Waals surface area contributed by atoms with Gasteiger partial charge in [0.15, 0.2) is 0 Å². The summed E-state index contributed by atoms with van der Waals surface area (Å²) >= 11 is 0. The lowest BCUT2D eigenvalue weighted by atomic mass is 9.97. The highest BCUT2D eigenvalue weighted by atomic mass is 16.2. The van der Waals surface area contributed by atoms with E-state index in [1.165, 1.54) is 0 Å². The second-order valence-electron chi connectivity index (χ2n) is 7.07. The van der Waals surface area contributed by atoms with E-state index in [1.807, 2.05) is 6.92 Å². The summed E-state index contributed by atoms with van der Waals surface area (Å²) in [5, 5.41) is 9.14. The number of nitrogens with zero attached hydrogens (tertiary/aromatic N) is 1.